The van der Waals surface area contributed by atoms with Gasteiger partial charge in [0.05, 0.1) is 0 Å². The van der Waals surface area contributed by atoms with Crippen LogP contribution in [0.5, 0.6) is 0 Å². The van der Waals surface area contributed by atoms with Crippen molar-refractivity contribution < 1.29 is 9.47 Å². The molecule has 0 unspecified atom stereocenters. The van der Waals surface area contributed by atoms with Crippen molar-refractivity contribution in [3.8, 4) is 0 Å². The van der Waals surface area contributed by atoms with E-state index >= 15 is 0 Å². The summed E-state index contributed by atoms with van der Waals surface area (Å²) in [4.78, 5) is 0. The highest BCUT2D eigenvalue weighted by Gasteiger charge is 2.06. The van der Waals surface area contributed by atoms with Gasteiger partial charge in [-0.15, -0.1) is 10.2 Å². The molecule has 0 aliphatic heterocycles. The highest BCUT2D eigenvalue weighted by atomic mass is 16.5. The van der Waals surface area contributed by atoms with Crippen LogP contribution in [-0.2, 0) is 29.7 Å². The molecule has 1 rings (SSSR count). The summed E-state index contributed by atoms with van der Waals surface area (Å²) >= 11 is 0. The average molecular weight is 171 g/mol. The summed E-state index contributed by atoms with van der Waals surface area (Å²) < 4.78 is 11.7. The van der Waals surface area contributed by atoms with Crippen molar-refractivity contribution in [3.63, 3.8) is 0 Å². The molecule has 0 atom stereocenters. The average Bonchev–Trinajstić information content (AvgIpc) is 2.38. The third-order valence-corrected chi connectivity index (χ3v) is 1.60. The van der Waals surface area contributed by atoms with Gasteiger partial charge in [-0.3, -0.25) is 0 Å². The van der Waals surface area contributed by atoms with Crippen LogP contribution in [0.3, 0.4) is 0 Å². The molecule has 0 spiro atoms. The molecule has 1 aromatic heterocycles. The first kappa shape index (κ1) is 9.15. The SMILES string of the molecule is COCc1nnc(COC)n1C. The van der Waals surface area contributed by atoms with Crippen molar-refractivity contribution in [2.75, 3.05) is 14.2 Å². The molecule has 0 fully saturated rings. The molecule has 68 valence electrons. The molecule has 0 aliphatic carbocycles. The first-order valence-corrected chi connectivity index (χ1v) is 3.64. The second-order valence-corrected chi connectivity index (χ2v) is 2.46. The van der Waals surface area contributed by atoms with Crippen molar-refractivity contribution in [3.05, 3.63) is 11.6 Å². The summed E-state index contributed by atoms with van der Waals surface area (Å²) in [5.74, 6) is 1.62. The lowest BCUT2D eigenvalue weighted by Gasteiger charge is -2.01. The Kier molecular flexibility index (Phi) is 3.19. The fourth-order valence-electron chi connectivity index (χ4n) is 0.908. The Hall–Kier alpha value is -0.940. The van der Waals surface area contributed by atoms with Gasteiger partial charge in [0.2, 0.25) is 0 Å². The fourth-order valence-corrected chi connectivity index (χ4v) is 0.908. The molecule has 0 amide bonds. The molecule has 0 saturated heterocycles. The molecule has 1 heterocycles. The number of hydrogen-bond donors (Lipinski definition) is 0. The van der Waals surface area contributed by atoms with Crippen LogP contribution in [0.4, 0.5) is 0 Å². The van der Waals surface area contributed by atoms with Crippen LogP contribution in [0.25, 0.3) is 0 Å². The van der Waals surface area contributed by atoms with E-state index in [2.05, 4.69) is 10.2 Å². The quantitative estimate of drug-likeness (QED) is 0.645. The van der Waals surface area contributed by atoms with Crippen LogP contribution in [0, 0.1) is 0 Å². The standard InChI is InChI=1S/C7H13N3O2/c1-10-6(4-11-2)8-9-7(10)5-12-3/h4-5H2,1-3H3. The topological polar surface area (TPSA) is 49.2 Å². The summed E-state index contributed by atoms with van der Waals surface area (Å²) in [6.07, 6.45) is 0. The molecule has 0 saturated carbocycles. The lowest BCUT2D eigenvalue weighted by molar-refractivity contribution is 0.167. The number of methoxy groups -OCH3 is 2. The van der Waals surface area contributed by atoms with Gasteiger partial charge in [-0.1, -0.05) is 0 Å². The van der Waals surface area contributed by atoms with Gasteiger partial charge in [-0.25, -0.2) is 0 Å². The Bertz CT molecular complexity index is 223. The van der Waals surface area contributed by atoms with E-state index in [9.17, 15) is 0 Å². The molecule has 0 bridgehead atoms. The second-order valence-electron chi connectivity index (χ2n) is 2.46. The Labute approximate surface area is 71.3 Å². The van der Waals surface area contributed by atoms with Gasteiger partial charge >= 0.3 is 0 Å². The summed E-state index contributed by atoms with van der Waals surface area (Å²) in [6, 6.07) is 0. The summed E-state index contributed by atoms with van der Waals surface area (Å²) in [5, 5.41) is 7.86. The van der Waals surface area contributed by atoms with E-state index in [1.54, 1.807) is 14.2 Å². The zero-order valence-corrected chi connectivity index (χ0v) is 7.57. The third-order valence-electron chi connectivity index (χ3n) is 1.60. The normalized spacial score (nSPS) is 10.6. The number of hydrogen-bond acceptors (Lipinski definition) is 4. The molecular weight excluding hydrogens is 158 g/mol. The van der Waals surface area contributed by atoms with Gasteiger partial charge in [0.25, 0.3) is 0 Å². The van der Waals surface area contributed by atoms with E-state index in [0.29, 0.717) is 13.2 Å². The van der Waals surface area contributed by atoms with Gasteiger partial charge in [-0.05, 0) is 0 Å². The van der Waals surface area contributed by atoms with Crippen molar-refractivity contribution in [1.29, 1.82) is 0 Å². The number of nitrogens with zero attached hydrogens (tertiary/aromatic N) is 3. The predicted octanol–water partition coefficient (Wildman–Crippen LogP) is 0.108. The summed E-state index contributed by atoms with van der Waals surface area (Å²) in [6.45, 7) is 0.959. The smallest absolute Gasteiger partial charge is 0.158 e. The zero-order chi connectivity index (χ0) is 8.97. The monoisotopic (exact) mass is 171 g/mol. The van der Waals surface area contributed by atoms with Crippen molar-refractivity contribution in [2.45, 2.75) is 13.2 Å². The molecule has 0 aliphatic rings. The van der Waals surface area contributed by atoms with Gasteiger partial charge in [0, 0.05) is 21.3 Å². The Morgan fingerprint density at radius 3 is 1.83 bits per heavy atom. The van der Waals surface area contributed by atoms with Crippen LogP contribution >= 0.6 is 0 Å². The lowest BCUT2D eigenvalue weighted by atomic mass is 10.6. The highest BCUT2D eigenvalue weighted by Crippen LogP contribution is 2.00. The van der Waals surface area contributed by atoms with Crippen molar-refractivity contribution in [1.82, 2.24) is 14.8 Å². The van der Waals surface area contributed by atoms with Crippen LogP contribution in [-0.4, -0.2) is 29.0 Å². The fraction of sp³-hybridized carbons (Fsp3) is 0.714. The van der Waals surface area contributed by atoms with Gasteiger partial charge in [-0.2, -0.15) is 0 Å². The predicted molar refractivity (Wildman–Crippen MR) is 42.4 cm³/mol. The number of ether oxygens (including phenoxy) is 2. The number of rotatable bonds is 4. The van der Waals surface area contributed by atoms with Crippen LogP contribution < -0.4 is 0 Å². The minimum absolute atomic E-state index is 0.479. The molecule has 0 radical (unpaired) electrons. The van der Waals surface area contributed by atoms with E-state index in [1.165, 1.54) is 0 Å². The van der Waals surface area contributed by atoms with E-state index < -0.39 is 0 Å². The molecular formula is C7H13N3O2. The summed E-state index contributed by atoms with van der Waals surface area (Å²) in [7, 11) is 5.15. The van der Waals surface area contributed by atoms with Gasteiger partial charge in [0.1, 0.15) is 13.2 Å². The third kappa shape index (κ3) is 1.80. The molecule has 1 aromatic rings. The maximum absolute atomic E-state index is 4.94. The summed E-state index contributed by atoms with van der Waals surface area (Å²) in [5.41, 5.74) is 0. The van der Waals surface area contributed by atoms with E-state index in [1.807, 2.05) is 11.6 Å². The van der Waals surface area contributed by atoms with E-state index in [-0.39, 0.29) is 0 Å². The van der Waals surface area contributed by atoms with Crippen LogP contribution in [0.1, 0.15) is 11.6 Å². The molecule has 12 heavy (non-hydrogen) atoms. The first-order valence-electron chi connectivity index (χ1n) is 3.64. The van der Waals surface area contributed by atoms with Crippen LogP contribution in [0.15, 0.2) is 0 Å². The second kappa shape index (κ2) is 4.18. The van der Waals surface area contributed by atoms with Gasteiger partial charge < -0.3 is 14.0 Å². The molecule has 0 aromatic carbocycles. The van der Waals surface area contributed by atoms with E-state index in [0.717, 1.165) is 11.6 Å². The maximum Gasteiger partial charge on any atom is 0.158 e. The maximum atomic E-state index is 4.94. The Balaban J connectivity index is 2.74. The van der Waals surface area contributed by atoms with Crippen molar-refractivity contribution >= 4 is 0 Å². The molecule has 0 N–H and O–H groups in total. The highest BCUT2D eigenvalue weighted by molar-refractivity contribution is 4.91. The zero-order valence-electron chi connectivity index (χ0n) is 7.57. The van der Waals surface area contributed by atoms with Crippen molar-refractivity contribution in [2.24, 2.45) is 7.05 Å². The van der Waals surface area contributed by atoms with Gasteiger partial charge in [0.15, 0.2) is 11.6 Å². The Morgan fingerprint density at radius 2 is 1.50 bits per heavy atom. The first-order chi connectivity index (χ1) is 5.79. The Morgan fingerprint density at radius 1 is 1.08 bits per heavy atom. The number of aromatic nitrogens is 3. The molecule has 5 heteroatoms. The lowest BCUT2D eigenvalue weighted by Crippen LogP contribution is -2.03. The largest absolute Gasteiger partial charge is 0.377 e. The minimum atomic E-state index is 0.479. The molecule has 5 nitrogen and oxygen atoms in total. The van der Waals surface area contributed by atoms with Crippen LogP contribution in [0.2, 0.25) is 0 Å². The minimum Gasteiger partial charge on any atom is -0.377 e. The van der Waals surface area contributed by atoms with E-state index in [4.69, 9.17) is 9.47 Å².